The molecule has 5 nitrogen and oxygen atoms in total. The Morgan fingerprint density at radius 2 is 1.64 bits per heavy atom. The summed E-state index contributed by atoms with van der Waals surface area (Å²) in [5.74, 6) is -1.29. The van der Waals surface area contributed by atoms with Gasteiger partial charge in [-0.3, -0.25) is 9.59 Å². The van der Waals surface area contributed by atoms with Crippen molar-refractivity contribution in [2.45, 2.75) is 25.2 Å². The highest BCUT2D eigenvalue weighted by Crippen LogP contribution is 2.23. The molecule has 0 saturated heterocycles. The van der Waals surface area contributed by atoms with Crippen LogP contribution >= 0.6 is 0 Å². The summed E-state index contributed by atoms with van der Waals surface area (Å²) in [4.78, 5) is 24.8. The van der Waals surface area contributed by atoms with Crippen LogP contribution in [-0.2, 0) is 4.79 Å². The number of hydrogen-bond acceptors (Lipinski definition) is 3. The van der Waals surface area contributed by atoms with Gasteiger partial charge in [-0.1, -0.05) is 30.3 Å². The van der Waals surface area contributed by atoms with Crippen LogP contribution in [0.4, 0.5) is 13.2 Å². The SMILES string of the molecule is O=C(NC1CC1)/C(=C/c1ccc(OC(F)(F)F)cc1)NC(=O)c1ccccc1. The third kappa shape index (κ3) is 5.87. The number of rotatable bonds is 6. The van der Waals surface area contributed by atoms with E-state index in [0.29, 0.717) is 11.1 Å². The summed E-state index contributed by atoms with van der Waals surface area (Å²) in [6.45, 7) is 0. The Morgan fingerprint density at radius 1 is 1.00 bits per heavy atom. The Labute approximate surface area is 159 Å². The highest BCUT2D eigenvalue weighted by Gasteiger charge is 2.31. The molecule has 146 valence electrons. The standard InChI is InChI=1S/C20H17F3N2O3/c21-20(22,23)28-16-10-6-13(7-11-16)12-17(19(27)24-15-8-9-15)25-18(26)14-4-2-1-3-5-14/h1-7,10-12,15H,8-9H2,(H,24,27)(H,25,26)/b17-12-. The summed E-state index contributed by atoms with van der Waals surface area (Å²) in [6, 6.07) is 13.4. The van der Waals surface area contributed by atoms with Gasteiger partial charge in [0.05, 0.1) is 0 Å². The van der Waals surface area contributed by atoms with Crippen LogP contribution in [0.3, 0.4) is 0 Å². The van der Waals surface area contributed by atoms with Gasteiger partial charge in [0.1, 0.15) is 11.4 Å². The van der Waals surface area contributed by atoms with E-state index >= 15 is 0 Å². The van der Waals surface area contributed by atoms with Crippen LogP contribution in [0.1, 0.15) is 28.8 Å². The number of benzene rings is 2. The fourth-order valence-corrected chi connectivity index (χ4v) is 2.37. The molecule has 0 unspecified atom stereocenters. The zero-order chi connectivity index (χ0) is 20.1. The molecule has 0 radical (unpaired) electrons. The van der Waals surface area contributed by atoms with Crippen LogP contribution in [0.2, 0.25) is 0 Å². The fourth-order valence-electron chi connectivity index (χ4n) is 2.37. The minimum atomic E-state index is -4.78. The molecule has 0 bridgehead atoms. The van der Waals surface area contributed by atoms with Gasteiger partial charge in [-0.25, -0.2) is 0 Å². The lowest BCUT2D eigenvalue weighted by Gasteiger charge is -2.11. The Kier molecular flexibility index (Phi) is 5.67. The summed E-state index contributed by atoms with van der Waals surface area (Å²) in [5.41, 5.74) is 0.815. The van der Waals surface area contributed by atoms with Crippen molar-refractivity contribution in [3.8, 4) is 5.75 Å². The first kappa shape index (κ1) is 19.5. The summed E-state index contributed by atoms with van der Waals surface area (Å²) >= 11 is 0. The summed E-state index contributed by atoms with van der Waals surface area (Å²) in [5, 5.41) is 5.34. The molecule has 1 aliphatic rings. The van der Waals surface area contributed by atoms with E-state index < -0.39 is 18.2 Å². The molecule has 0 aliphatic heterocycles. The lowest BCUT2D eigenvalue weighted by atomic mass is 10.1. The lowest BCUT2D eigenvalue weighted by Crippen LogP contribution is -2.35. The third-order valence-corrected chi connectivity index (χ3v) is 3.87. The lowest BCUT2D eigenvalue weighted by molar-refractivity contribution is -0.274. The number of alkyl halides is 3. The highest BCUT2D eigenvalue weighted by atomic mass is 19.4. The van der Waals surface area contributed by atoms with Gasteiger partial charge in [-0.2, -0.15) is 0 Å². The fraction of sp³-hybridized carbons (Fsp3) is 0.200. The smallest absolute Gasteiger partial charge is 0.406 e. The quantitative estimate of drug-likeness (QED) is 0.740. The largest absolute Gasteiger partial charge is 0.573 e. The van der Waals surface area contributed by atoms with E-state index in [1.165, 1.54) is 18.2 Å². The van der Waals surface area contributed by atoms with Gasteiger partial charge < -0.3 is 15.4 Å². The average molecular weight is 390 g/mol. The molecule has 8 heteroatoms. The van der Waals surface area contributed by atoms with Gasteiger partial charge in [0.2, 0.25) is 0 Å². The maximum atomic E-state index is 12.5. The molecule has 2 N–H and O–H groups in total. The zero-order valence-corrected chi connectivity index (χ0v) is 14.6. The maximum Gasteiger partial charge on any atom is 0.573 e. The third-order valence-electron chi connectivity index (χ3n) is 3.87. The second kappa shape index (κ2) is 8.16. The molecule has 1 saturated carbocycles. The number of nitrogens with one attached hydrogen (secondary N) is 2. The molecule has 0 aromatic heterocycles. The molecular formula is C20H17F3N2O3. The second-order valence-corrected chi connectivity index (χ2v) is 6.24. The molecular weight excluding hydrogens is 373 g/mol. The number of carbonyl (C=O) groups excluding carboxylic acids is 2. The molecule has 0 spiro atoms. The van der Waals surface area contributed by atoms with Crippen molar-refractivity contribution >= 4 is 17.9 Å². The van der Waals surface area contributed by atoms with Crippen LogP contribution in [0, 0.1) is 0 Å². The molecule has 1 fully saturated rings. The number of carbonyl (C=O) groups is 2. The van der Waals surface area contributed by atoms with E-state index in [2.05, 4.69) is 15.4 Å². The average Bonchev–Trinajstić information content (AvgIpc) is 3.46. The van der Waals surface area contributed by atoms with Crippen molar-refractivity contribution in [2.24, 2.45) is 0 Å². The van der Waals surface area contributed by atoms with Crippen molar-refractivity contribution in [3.05, 3.63) is 71.4 Å². The molecule has 1 aliphatic carbocycles. The van der Waals surface area contributed by atoms with Gasteiger partial charge in [0.15, 0.2) is 0 Å². The van der Waals surface area contributed by atoms with Crippen molar-refractivity contribution in [1.29, 1.82) is 0 Å². The topological polar surface area (TPSA) is 67.4 Å². The zero-order valence-electron chi connectivity index (χ0n) is 14.6. The Morgan fingerprint density at radius 3 is 2.21 bits per heavy atom. The maximum absolute atomic E-state index is 12.5. The number of amides is 2. The minimum absolute atomic E-state index is 0.00485. The summed E-state index contributed by atoms with van der Waals surface area (Å²) < 4.78 is 40.6. The van der Waals surface area contributed by atoms with E-state index in [9.17, 15) is 22.8 Å². The highest BCUT2D eigenvalue weighted by molar-refractivity contribution is 6.05. The van der Waals surface area contributed by atoms with E-state index in [0.717, 1.165) is 25.0 Å². The predicted octanol–water partition coefficient (Wildman–Crippen LogP) is 3.63. The first-order valence-electron chi connectivity index (χ1n) is 8.55. The van der Waals surface area contributed by atoms with Crippen molar-refractivity contribution < 1.29 is 27.5 Å². The summed E-state index contributed by atoms with van der Waals surface area (Å²) in [6.07, 6.45) is -1.64. The van der Waals surface area contributed by atoms with E-state index in [-0.39, 0.29) is 17.5 Å². The predicted molar refractivity (Wildman–Crippen MR) is 96.2 cm³/mol. The minimum Gasteiger partial charge on any atom is -0.406 e. The Bertz CT molecular complexity index is 874. The first-order chi connectivity index (χ1) is 13.3. The Balaban J connectivity index is 1.79. The molecule has 3 rings (SSSR count). The van der Waals surface area contributed by atoms with Crippen LogP contribution in [0.5, 0.6) is 5.75 Å². The monoisotopic (exact) mass is 390 g/mol. The molecule has 0 heterocycles. The summed E-state index contributed by atoms with van der Waals surface area (Å²) in [7, 11) is 0. The van der Waals surface area contributed by atoms with Crippen LogP contribution in [0.15, 0.2) is 60.3 Å². The number of halogens is 3. The van der Waals surface area contributed by atoms with Gasteiger partial charge >= 0.3 is 6.36 Å². The Hall–Kier alpha value is -3.29. The molecule has 28 heavy (non-hydrogen) atoms. The van der Waals surface area contributed by atoms with Crippen LogP contribution in [-0.4, -0.2) is 24.2 Å². The van der Waals surface area contributed by atoms with Gasteiger partial charge in [0, 0.05) is 11.6 Å². The first-order valence-corrected chi connectivity index (χ1v) is 8.55. The molecule has 2 aromatic rings. The second-order valence-electron chi connectivity index (χ2n) is 6.24. The molecule has 0 atom stereocenters. The van der Waals surface area contributed by atoms with Crippen LogP contribution in [0.25, 0.3) is 6.08 Å². The van der Waals surface area contributed by atoms with E-state index in [1.807, 2.05) is 0 Å². The van der Waals surface area contributed by atoms with Gasteiger partial charge in [-0.15, -0.1) is 13.2 Å². The van der Waals surface area contributed by atoms with Crippen molar-refractivity contribution in [2.75, 3.05) is 0 Å². The molecule has 2 aromatic carbocycles. The van der Waals surface area contributed by atoms with E-state index in [1.54, 1.807) is 30.3 Å². The van der Waals surface area contributed by atoms with Crippen molar-refractivity contribution in [1.82, 2.24) is 10.6 Å². The molecule has 2 amide bonds. The van der Waals surface area contributed by atoms with E-state index in [4.69, 9.17) is 0 Å². The normalized spacial score (nSPS) is 14.3. The van der Waals surface area contributed by atoms with Crippen LogP contribution < -0.4 is 15.4 Å². The number of hydrogen-bond donors (Lipinski definition) is 2. The number of ether oxygens (including phenoxy) is 1. The van der Waals surface area contributed by atoms with Crippen molar-refractivity contribution in [3.63, 3.8) is 0 Å². The van der Waals surface area contributed by atoms with Gasteiger partial charge in [-0.05, 0) is 48.7 Å². The van der Waals surface area contributed by atoms with Gasteiger partial charge in [0.25, 0.3) is 11.8 Å².